The first kappa shape index (κ1) is 15.3. The van der Waals surface area contributed by atoms with Gasteiger partial charge < -0.3 is 14.3 Å². The quantitative estimate of drug-likeness (QED) is 0.689. The minimum absolute atomic E-state index is 0.415. The highest BCUT2D eigenvalue weighted by atomic mass is 32.1. The summed E-state index contributed by atoms with van der Waals surface area (Å²) in [5, 5.41) is 0. The third-order valence-corrected chi connectivity index (χ3v) is 4.70. The van der Waals surface area contributed by atoms with Crippen molar-refractivity contribution in [2.45, 2.75) is 39.9 Å². The summed E-state index contributed by atoms with van der Waals surface area (Å²) in [6.45, 7) is 9.27. The first-order valence-corrected chi connectivity index (χ1v) is 8.08. The molecule has 0 aliphatic carbocycles. The highest BCUT2D eigenvalue weighted by molar-refractivity contribution is 7.71. The molecule has 0 saturated carbocycles. The van der Waals surface area contributed by atoms with E-state index in [2.05, 4.69) is 47.4 Å². The summed E-state index contributed by atoms with van der Waals surface area (Å²) in [5.74, 6) is 0.937. The molecule has 2 heterocycles. The molecule has 0 saturated heterocycles. The normalized spacial score (nSPS) is 18.3. The van der Waals surface area contributed by atoms with E-state index < -0.39 is 0 Å². The van der Waals surface area contributed by atoms with Gasteiger partial charge in [-0.15, -0.1) is 0 Å². The van der Waals surface area contributed by atoms with Crippen molar-refractivity contribution in [2.24, 2.45) is 0 Å². The number of hydrogen-bond donors (Lipinski definition) is 1. The molecular weight excluding hydrogens is 294 g/mol. The summed E-state index contributed by atoms with van der Waals surface area (Å²) in [6.07, 6.45) is 2.28. The van der Waals surface area contributed by atoms with E-state index in [1.54, 1.807) is 7.11 Å². The Morgan fingerprint density at radius 2 is 2.23 bits per heavy atom. The Labute approximate surface area is 136 Å². The van der Waals surface area contributed by atoms with Crippen LogP contribution in [0.25, 0.3) is 11.0 Å². The molecule has 1 N–H and O–H groups in total. The van der Waals surface area contributed by atoms with Gasteiger partial charge in [-0.05, 0) is 45.1 Å². The zero-order valence-electron chi connectivity index (χ0n) is 13.6. The third-order valence-electron chi connectivity index (χ3n) is 4.38. The van der Waals surface area contributed by atoms with Crippen molar-refractivity contribution in [1.29, 1.82) is 0 Å². The van der Waals surface area contributed by atoms with Gasteiger partial charge in [0.2, 0.25) is 0 Å². The fraction of sp³-hybridized carbons (Fsp3) is 0.471. The van der Waals surface area contributed by atoms with Gasteiger partial charge in [0.1, 0.15) is 5.75 Å². The maximum absolute atomic E-state index is 5.60. The van der Waals surface area contributed by atoms with E-state index in [9.17, 15) is 0 Å². The Bertz CT molecular complexity index is 783. The smallest absolute Gasteiger partial charge is 0.178 e. The molecule has 118 valence electrons. The predicted molar refractivity (Wildman–Crippen MR) is 93.0 cm³/mol. The Balaban J connectivity index is 2.13. The van der Waals surface area contributed by atoms with Crippen LogP contribution >= 0.6 is 12.2 Å². The molecule has 1 aromatic heterocycles. The maximum Gasteiger partial charge on any atom is 0.178 e. The third kappa shape index (κ3) is 2.59. The number of ether oxygens (including phenoxy) is 1. The molecule has 2 aromatic rings. The molecule has 0 fully saturated rings. The molecular formula is C17H23N3OS. The van der Waals surface area contributed by atoms with Crippen LogP contribution in [0.15, 0.2) is 23.8 Å². The second-order valence-corrected chi connectivity index (χ2v) is 6.63. The lowest BCUT2D eigenvalue weighted by atomic mass is 10.1. The molecule has 5 heteroatoms. The van der Waals surface area contributed by atoms with Crippen LogP contribution < -0.4 is 4.74 Å². The van der Waals surface area contributed by atoms with Crippen LogP contribution in [-0.4, -0.2) is 34.1 Å². The van der Waals surface area contributed by atoms with Crippen molar-refractivity contribution >= 4 is 23.3 Å². The zero-order chi connectivity index (χ0) is 15.9. The predicted octanol–water partition coefficient (Wildman–Crippen LogP) is 3.88. The molecule has 1 aromatic carbocycles. The molecule has 0 radical (unpaired) electrons. The summed E-state index contributed by atoms with van der Waals surface area (Å²) >= 11 is 5.52. The van der Waals surface area contributed by atoms with Gasteiger partial charge in [0.15, 0.2) is 4.77 Å². The molecule has 0 bridgehead atoms. The summed E-state index contributed by atoms with van der Waals surface area (Å²) in [4.78, 5) is 5.79. The van der Waals surface area contributed by atoms with Gasteiger partial charge in [-0.25, -0.2) is 0 Å². The lowest BCUT2D eigenvalue weighted by molar-refractivity contribution is 0.208. The van der Waals surface area contributed by atoms with Gasteiger partial charge in [-0.1, -0.05) is 11.6 Å². The fourth-order valence-corrected chi connectivity index (χ4v) is 3.39. The Morgan fingerprint density at radius 3 is 2.91 bits per heavy atom. The lowest BCUT2D eigenvalue weighted by Crippen LogP contribution is -2.34. The number of rotatable bonds is 3. The van der Waals surface area contributed by atoms with Crippen molar-refractivity contribution in [1.82, 2.24) is 14.5 Å². The number of H-pyrrole nitrogens is 1. The van der Waals surface area contributed by atoms with Crippen LogP contribution in [0.5, 0.6) is 5.75 Å². The van der Waals surface area contributed by atoms with E-state index in [0.29, 0.717) is 6.04 Å². The van der Waals surface area contributed by atoms with Crippen LogP contribution in [0.2, 0.25) is 0 Å². The van der Waals surface area contributed by atoms with E-state index >= 15 is 0 Å². The van der Waals surface area contributed by atoms with Crippen LogP contribution in [0, 0.1) is 4.77 Å². The molecule has 0 spiro atoms. The molecule has 0 amide bonds. The van der Waals surface area contributed by atoms with Crippen molar-refractivity contribution in [3.63, 3.8) is 0 Å². The number of allylic oxidation sites excluding steroid dienone is 1. The number of imidazole rings is 1. The van der Waals surface area contributed by atoms with Crippen molar-refractivity contribution in [3.8, 4) is 5.75 Å². The first-order chi connectivity index (χ1) is 10.5. The number of nitrogens with zero attached hydrogens (tertiary/aromatic N) is 2. The highest BCUT2D eigenvalue weighted by Crippen LogP contribution is 2.32. The average Bonchev–Trinajstić information content (AvgIpc) is 2.70. The molecule has 1 aliphatic rings. The van der Waals surface area contributed by atoms with Gasteiger partial charge in [0.05, 0.1) is 18.1 Å². The zero-order valence-corrected chi connectivity index (χ0v) is 14.5. The van der Waals surface area contributed by atoms with E-state index in [1.807, 2.05) is 6.07 Å². The number of hydrogen-bond acceptors (Lipinski definition) is 3. The largest absolute Gasteiger partial charge is 0.496 e. The van der Waals surface area contributed by atoms with Crippen molar-refractivity contribution in [2.75, 3.05) is 13.7 Å². The van der Waals surface area contributed by atoms with Crippen LogP contribution in [0.4, 0.5) is 0 Å². The van der Waals surface area contributed by atoms with Crippen molar-refractivity contribution < 1.29 is 4.74 Å². The maximum atomic E-state index is 5.60. The van der Waals surface area contributed by atoms with Crippen LogP contribution in [0.1, 0.15) is 26.3 Å². The van der Waals surface area contributed by atoms with Gasteiger partial charge in [0.25, 0.3) is 0 Å². The monoisotopic (exact) mass is 317 g/mol. The summed E-state index contributed by atoms with van der Waals surface area (Å²) in [5.41, 5.74) is 4.85. The molecule has 1 atom stereocenters. The molecule has 4 nitrogen and oxygen atoms in total. The van der Waals surface area contributed by atoms with Gasteiger partial charge in [-0.3, -0.25) is 4.90 Å². The van der Waals surface area contributed by atoms with Gasteiger partial charge >= 0.3 is 0 Å². The van der Waals surface area contributed by atoms with E-state index in [4.69, 9.17) is 17.0 Å². The van der Waals surface area contributed by atoms with Gasteiger partial charge in [-0.2, -0.15) is 0 Å². The summed E-state index contributed by atoms with van der Waals surface area (Å²) in [6, 6.07) is 4.50. The molecule has 3 rings (SSSR count). The number of aromatic nitrogens is 2. The minimum atomic E-state index is 0.415. The summed E-state index contributed by atoms with van der Waals surface area (Å²) < 4.78 is 8.61. The van der Waals surface area contributed by atoms with Crippen LogP contribution in [0.3, 0.4) is 0 Å². The molecule has 0 unspecified atom stereocenters. The number of benzene rings is 1. The Hall–Kier alpha value is -1.59. The Morgan fingerprint density at radius 1 is 1.45 bits per heavy atom. The standard InChI is InChI=1S/C17H23N3OS/c1-11(2)7-8-19-10-13-15(21-4)6-5-14-16(13)20(9-12(19)3)17(22)18-14/h5-7,12H,8-10H2,1-4H3,(H,18,22)/t12-/m1/s1. The lowest BCUT2D eigenvalue weighted by Gasteiger charge is -2.26. The first-order valence-electron chi connectivity index (χ1n) is 7.67. The van der Waals surface area contributed by atoms with E-state index in [0.717, 1.165) is 35.7 Å². The SMILES string of the molecule is COc1ccc2[nH]c(=S)n3c2c1CN(CC=C(C)C)[C@H](C)C3. The highest BCUT2D eigenvalue weighted by Gasteiger charge is 2.24. The second-order valence-electron chi connectivity index (χ2n) is 6.24. The van der Waals surface area contributed by atoms with E-state index in [-0.39, 0.29) is 0 Å². The fourth-order valence-electron chi connectivity index (χ4n) is 3.11. The average molecular weight is 317 g/mol. The van der Waals surface area contributed by atoms with E-state index in [1.165, 1.54) is 16.7 Å². The number of aromatic amines is 1. The summed E-state index contributed by atoms with van der Waals surface area (Å²) in [7, 11) is 1.73. The number of nitrogens with one attached hydrogen (secondary N) is 1. The van der Waals surface area contributed by atoms with Crippen molar-refractivity contribution in [3.05, 3.63) is 34.1 Å². The second kappa shape index (κ2) is 5.89. The van der Waals surface area contributed by atoms with Gasteiger partial charge in [0, 0.05) is 31.2 Å². The molecule has 22 heavy (non-hydrogen) atoms. The molecule has 1 aliphatic heterocycles. The minimum Gasteiger partial charge on any atom is -0.496 e. The Kier molecular flexibility index (Phi) is 4.10. The number of methoxy groups -OCH3 is 1. The van der Waals surface area contributed by atoms with Crippen LogP contribution in [-0.2, 0) is 13.1 Å². The topological polar surface area (TPSA) is 33.2 Å².